The second-order valence-corrected chi connectivity index (χ2v) is 6.42. The highest BCUT2D eigenvalue weighted by Gasteiger charge is 2.12. The largest absolute Gasteiger partial charge is 0.496 e. The summed E-state index contributed by atoms with van der Waals surface area (Å²) in [6.07, 6.45) is 1.57. The molecule has 0 fully saturated rings. The first-order valence-electron chi connectivity index (χ1n) is 8.53. The van der Waals surface area contributed by atoms with Crippen molar-refractivity contribution >= 4 is 34.7 Å². The second kappa shape index (κ2) is 8.63. The van der Waals surface area contributed by atoms with Gasteiger partial charge in [0.05, 0.1) is 37.4 Å². The molecule has 1 amide bonds. The number of rotatable bonds is 6. The molecule has 7 heteroatoms. The van der Waals surface area contributed by atoms with Gasteiger partial charge in [-0.1, -0.05) is 23.7 Å². The quantitative estimate of drug-likeness (QED) is 0.608. The van der Waals surface area contributed by atoms with Crippen molar-refractivity contribution in [1.82, 2.24) is 4.98 Å². The first kappa shape index (κ1) is 19.5. The van der Waals surface area contributed by atoms with Crippen molar-refractivity contribution in [2.75, 3.05) is 24.9 Å². The Morgan fingerprint density at radius 3 is 2.46 bits per heavy atom. The number of ether oxygens (including phenoxy) is 2. The van der Waals surface area contributed by atoms with E-state index < -0.39 is 0 Å². The van der Waals surface area contributed by atoms with Crippen LogP contribution in [0.3, 0.4) is 0 Å². The molecule has 0 saturated heterocycles. The molecule has 2 N–H and O–H groups in total. The van der Waals surface area contributed by atoms with E-state index in [1.807, 2.05) is 19.1 Å². The van der Waals surface area contributed by atoms with Crippen LogP contribution in [-0.4, -0.2) is 25.1 Å². The molecule has 1 heterocycles. The Balaban J connectivity index is 1.74. The van der Waals surface area contributed by atoms with E-state index in [0.717, 1.165) is 11.3 Å². The van der Waals surface area contributed by atoms with Crippen molar-refractivity contribution in [3.8, 4) is 11.5 Å². The van der Waals surface area contributed by atoms with Crippen LogP contribution in [0.15, 0.2) is 54.7 Å². The maximum atomic E-state index is 12.5. The normalized spacial score (nSPS) is 10.3. The van der Waals surface area contributed by atoms with Gasteiger partial charge in [-0.3, -0.25) is 4.79 Å². The Morgan fingerprint density at radius 1 is 1.04 bits per heavy atom. The topological polar surface area (TPSA) is 72.5 Å². The summed E-state index contributed by atoms with van der Waals surface area (Å²) in [7, 11) is 3.11. The summed E-state index contributed by atoms with van der Waals surface area (Å²) in [6.45, 7) is 1.91. The lowest BCUT2D eigenvalue weighted by molar-refractivity contribution is 0.102. The fraction of sp³-hybridized carbons (Fsp3) is 0.143. The summed E-state index contributed by atoms with van der Waals surface area (Å²) in [4.78, 5) is 16.8. The van der Waals surface area contributed by atoms with Gasteiger partial charge in [0.25, 0.3) is 5.91 Å². The summed E-state index contributed by atoms with van der Waals surface area (Å²) in [5.74, 6) is 1.47. The molecule has 0 unspecified atom stereocenters. The molecule has 0 spiro atoms. The number of carbonyl (C=O) groups excluding carboxylic acids is 1. The van der Waals surface area contributed by atoms with Crippen molar-refractivity contribution < 1.29 is 14.3 Å². The molecular weight excluding hydrogens is 378 g/mol. The monoisotopic (exact) mass is 397 g/mol. The van der Waals surface area contributed by atoms with Gasteiger partial charge in [-0.2, -0.15) is 0 Å². The number of nitrogens with zero attached hydrogens (tertiary/aromatic N) is 1. The molecule has 6 nitrogen and oxygen atoms in total. The maximum absolute atomic E-state index is 12.5. The number of methoxy groups -OCH3 is 2. The SMILES string of the molecule is COc1cc(Cl)c(C)cc1Nc1ccc(NC(=O)c2ccccc2OC)cn1. The average molecular weight is 398 g/mol. The van der Waals surface area contributed by atoms with E-state index in [1.165, 1.54) is 7.11 Å². The molecule has 0 saturated carbocycles. The van der Waals surface area contributed by atoms with Gasteiger partial charge < -0.3 is 20.1 Å². The number of aryl methyl sites for hydroxylation is 1. The summed E-state index contributed by atoms with van der Waals surface area (Å²) in [5, 5.41) is 6.64. The van der Waals surface area contributed by atoms with E-state index in [2.05, 4.69) is 15.6 Å². The molecule has 3 aromatic rings. The smallest absolute Gasteiger partial charge is 0.259 e. The molecule has 144 valence electrons. The lowest BCUT2D eigenvalue weighted by atomic mass is 10.2. The first-order chi connectivity index (χ1) is 13.5. The number of hydrogen-bond donors (Lipinski definition) is 2. The third-order valence-electron chi connectivity index (χ3n) is 4.12. The molecule has 0 aliphatic heterocycles. The van der Waals surface area contributed by atoms with Crippen LogP contribution < -0.4 is 20.1 Å². The zero-order valence-corrected chi connectivity index (χ0v) is 16.5. The molecule has 0 radical (unpaired) electrons. The van der Waals surface area contributed by atoms with E-state index in [-0.39, 0.29) is 5.91 Å². The van der Waals surface area contributed by atoms with Crippen molar-refractivity contribution in [3.63, 3.8) is 0 Å². The number of aromatic nitrogens is 1. The van der Waals surface area contributed by atoms with Gasteiger partial charge in [-0.25, -0.2) is 4.98 Å². The van der Waals surface area contributed by atoms with Crippen molar-refractivity contribution in [3.05, 3.63) is 70.9 Å². The molecule has 3 rings (SSSR count). The summed E-state index contributed by atoms with van der Waals surface area (Å²) < 4.78 is 10.6. The van der Waals surface area contributed by atoms with Gasteiger partial charge in [0, 0.05) is 11.1 Å². The molecule has 0 aliphatic rings. The average Bonchev–Trinajstić information content (AvgIpc) is 2.71. The molecule has 28 heavy (non-hydrogen) atoms. The van der Waals surface area contributed by atoms with E-state index in [1.54, 1.807) is 49.7 Å². The highest BCUT2D eigenvalue weighted by atomic mass is 35.5. The van der Waals surface area contributed by atoms with Crippen molar-refractivity contribution in [2.45, 2.75) is 6.92 Å². The third kappa shape index (κ3) is 4.35. The van der Waals surface area contributed by atoms with Crippen LogP contribution >= 0.6 is 11.6 Å². The zero-order valence-electron chi connectivity index (χ0n) is 15.7. The van der Waals surface area contributed by atoms with Crippen LogP contribution in [0.4, 0.5) is 17.2 Å². The van der Waals surface area contributed by atoms with Crippen LogP contribution in [0.5, 0.6) is 11.5 Å². The number of nitrogens with one attached hydrogen (secondary N) is 2. The van der Waals surface area contributed by atoms with Gasteiger partial charge in [0.15, 0.2) is 0 Å². The molecule has 0 aliphatic carbocycles. The molecule has 1 aromatic heterocycles. The number of amides is 1. The van der Waals surface area contributed by atoms with Gasteiger partial charge in [-0.05, 0) is 42.8 Å². The Hall–Kier alpha value is -3.25. The second-order valence-electron chi connectivity index (χ2n) is 6.01. The zero-order chi connectivity index (χ0) is 20.1. The Bertz CT molecular complexity index is 991. The predicted molar refractivity (Wildman–Crippen MR) is 111 cm³/mol. The fourth-order valence-corrected chi connectivity index (χ4v) is 2.79. The predicted octanol–water partition coefficient (Wildman–Crippen LogP) is 5.06. The van der Waals surface area contributed by atoms with Crippen LogP contribution in [0.1, 0.15) is 15.9 Å². The number of hydrogen-bond acceptors (Lipinski definition) is 5. The number of halogens is 1. The number of para-hydroxylation sites is 1. The van der Waals surface area contributed by atoms with Gasteiger partial charge in [0.1, 0.15) is 17.3 Å². The van der Waals surface area contributed by atoms with Crippen LogP contribution in [0, 0.1) is 6.92 Å². The Kier molecular flexibility index (Phi) is 6.01. The highest BCUT2D eigenvalue weighted by Crippen LogP contribution is 2.32. The van der Waals surface area contributed by atoms with Crippen LogP contribution in [-0.2, 0) is 0 Å². The van der Waals surface area contributed by atoms with Crippen molar-refractivity contribution in [1.29, 1.82) is 0 Å². The lowest BCUT2D eigenvalue weighted by Gasteiger charge is -2.13. The van der Waals surface area contributed by atoms with E-state index in [0.29, 0.717) is 33.6 Å². The number of carbonyl (C=O) groups is 1. The molecule has 2 aromatic carbocycles. The lowest BCUT2D eigenvalue weighted by Crippen LogP contribution is -2.13. The minimum atomic E-state index is -0.269. The van der Waals surface area contributed by atoms with Crippen LogP contribution in [0.2, 0.25) is 5.02 Å². The summed E-state index contributed by atoms with van der Waals surface area (Å²) >= 11 is 6.14. The van der Waals surface area contributed by atoms with Gasteiger partial charge >= 0.3 is 0 Å². The van der Waals surface area contributed by atoms with E-state index >= 15 is 0 Å². The molecule has 0 bridgehead atoms. The van der Waals surface area contributed by atoms with Crippen LogP contribution in [0.25, 0.3) is 0 Å². The fourth-order valence-electron chi connectivity index (χ4n) is 2.64. The summed E-state index contributed by atoms with van der Waals surface area (Å²) in [6, 6.07) is 14.2. The third-order valence-corrected chi connectivity index (χ3v) is 4.52. The number of anilines is 3. The standard InChI is InChI=1S/C21H20ClN3O3/c1-13-10-17(19(28-3)11-16(13)22)25-20-9-8-14(12-23-20)24-21(26)15-6-4-5-7-18(15)27-2/h4-12H,1-3H3,(H,23,25)(H,24,26). The Morgan fingerprint density at radius 2 is 1.79 bits per heavy atom. The Labute approximate surface area is 168 Å². The van der Waals surface area contributed by atoms with Gasteiger partial charge in [0.2, 0.25) is 0 Å². The maximum Gasteiger partial charge on any atom is 0.259 e. The van der Waals surface area contributed by atoms with Crippen molar-refractivity contribution in [2.24, 2.45) is 0 Å². The first-order valence-corrected chi connectivity index (χ1v) is 8.91. The number of pyridine rings is 1. The van der Waals surface area contributed by atoms with E-state index in [4.69, 9.17) is 21.1 Å². The minimum absolute atomic E-state index is 0.269. The van der Waals surface area contributed by atoms with Gasteiger partial charge in [-0.15, -0.1) is 0 Å². The highest BCUT2D eigenvalue weighted by molar-refractivity contribution is 6.31. The van der Waals surface area contributed by atoms with E-state index in [9.17, 15) is 4.79 Å². The molecular formula is C21H20ClN3O3. The summed E-state index contributed by atoms with van der Waals surface area (Å²) in [5.41, 5.74) is 2.70. The minimum Gasteiger partial charge on any atom is -0.496 e. The molecule has 0 atom stereocenters. The number of benzene rings is 2.